The predicted molar refractivity (Wildman–Crippen MR) is 136 cm³/mol. The van der Waals surface area contributed by atoms with Gasteiger partial charge in [0.05, 0.1) is 23.0 Å². The number of amides is 1. The van der Waals surface area contributed by atoms with Gasteiger partial charge in [0.25, 0.3) is 5.56 Å². The monoisotopic (exact) mass is 479 g/mol. The molecule has 0 saturated carbocycles. The molecule has 0 unspecified atom stereocenters. The number of H-pyrrole nitrogens is 1. The lowest BCUT2D eigenvalue weighted by Gasteiger charge is -2.21. The molecule has 0 bridgehead atoms. The van der Waals surface area contributed by atoms with E-state index in [0.717, 1.165) is 5.56 Å². The number of halogens is 1. The van der Waals surface area contributed by atoms with E-state index in [-0.39, 0.29) is 23.8 Å². The smallest absolute Gasteiger partial charge is 0.258 e. The number of carbonyl (C=O) groups is 1. The predicted octanol–water partition coefficient (Wildman–Crippen LogP) is 5.56. The molecular formula is C29H22FN3O3. The van der Waals surface area contributed by atoms with Gasteiger partial charge >= 0.3 is 0 Å². The third kappa shape index (κ3) is 5.15. The van der Waals surface area contributed by atoms with Gasteiger partial charge in [-0.05, 0) is 48.0 Å². The Hall–Kier alpha value is -4.78. The van der Waals surface area contributed by atoms with Gasteiger partial charge in [-0.2, -0.15) is 0 Å². The Labute approximate surface area is 206 Å². The first-order chi connectivity index (χ1) is 17.6. The second kappa shape index (κ2) is 10.2. The van der Waals surface area contributed by atoms with Gasteiger partial charge in [0.2, 0.25) is 5.91 Å². The normalized spacial score (nSPS) is 11.2. The Morgan fingerprint density at radius 1 is 0.917 bits per heavy atom. The van der Waals surface area contributed by atoms with Crippen LogP contribution in [0.2, 0.25) is 0 Å². The van der Waals surface area contributed by atoms with Gasteiger partial charge in [-0.15, -0.1) is 0 Å². The van der Waals surface area contributed by atoms with E-state index in [1.807, 2.05) is 36.4 Å². The number of hydrogen-bond acceptors (Lipinski definition) is 4. The third-order valence-corrected chi connectivity index (χ3v) is 5.69. The van der Waals surface area contributed by atoms with Crippen molar-refractivity contribution in [3.05, 3.63) is 130 Å². The summed E-state index contributed by atoms with van der Waals surface area (Å²) in [6.45, 7) is 0.427. The Morgan fingerprint density at radius 2 is 1.67 bits per heavy atom. The van der Waals surface area contributed by atoms with Crippen molar-refractivity contribution < 1.29 is 13.6 Å². The number of nitrogens with zero attached hydrogens (tertiary/aromatic N) is 2. The molecule has 0 atom stereocenters. The molecular weight excluding hydrogens is 457 g/mol. The summed E-state index contributed by atoms with van der Waals surface area (Å²) in [5.41, 5.74) is 1.59. The first kappa shape index (κ1) is 23.0. The Morgan fingerprint density at radius 3 is 2.50 bits per heavy atom. The van der Waals surface area contributed by atoms with Crippen molar-refractivity contribution in [3.63, 3.8) is 0 Å². The molecule has 1 amide bonds. The summed E-state index contributed by atoms with van der Waals surface area (Å²) in [7, 11) is 0. The molecule has 3 aromatic carbocycles. The third-order valence-electron chi connectivity index (χ3n) is 5.69. The Kier molecular flexibility index (Phi) is 6.53. The number of aromatic amines is 1. The lowest BCUT2D eigenvalue weighted by molar-refractivity contribution is -0.127. The molecule has 2 aromatic heterocycles. The summed E-state index contributed by atoms with van der Waals surface area (Å²) in [5, 5.41) is 0.491. The van der Waals surface area contributed by atoms with Gasteiger partial charge < -0.3 is 14.3 Å². The summed E-state index contributed by atoms with van der Waals surface area (Å²) in [5.74, 6) is 0.497. The van der Waals surface area contributed by atoms with E-state index < -0.39 is 0 Å². The van der Waals surface area contributed by atoms with Gasteiger partial charge in [-0.1, -0.05) is 54.6 Å². The second-order valence-corrected chi connectivity index (χ2v) is 8.22. The summed E-state index contributed by atoms with van der Waals surface area (Å²) >= 11 is 0. The fraction of sp³-hybridized carbons (Fsp3) is 0.0690. The molecule has 0 saturated heterocycles. The molecule has 5 aromatic rings. The number of fused-ring (bicyclic) bond motifs is 1. The van der Waals surface area contributed by atoms with Crippen molar-refractivity contribution in [1.82, 2.24) is 14.9 Å². The quantitative estimate of drug-likeness (QED) is 0.310. The van der Waals surface area contributed by atoms with Crippen molar-refractivity contribution in [2.75, 3.05) is 0 Å². The maximum Gasteiger partial charge on any atom is 0.258 e. The van der Waals surface area contributed by atoms with Crippen LogP contribution in [0, 0.1) is 5.82 Å². The van der Waals surface area contributed by atoms with Crippen LogP contribution >= 0.6 is 0 Å². The zero-order chi connectivity index (χ0) is 24.9. The van der Waals surface area contributed by atoms with Gasteiger partial charge in [0, 0.05) is 12.6 Å². The number of furan rings is 1. The van der Waals surface area contributed by atoms with Crippen LogP contribution in [0.15, 0.2) is 106 Å². The largest absolute Gasteiger partial charge is 0.457 e. The van der Waals surface area contributed by atoms with Crippen molar-refractivity contribution in [2.24, 2.45) is 0 Å². The lowest BCUT2D eigenvalue weighted by atomic mass is 10.1. The number of benzene rings is 3. The topological polar surface area (TPSA) is 79.2 Å². The number of rotatable bonds is 7. The standard InChI is InChI=1S/C29H22FN3O3/c30-24-12-6-4-10-22(24)26-16-14-21(36-26)15-17-28(34)33(18-20-8-2-1-3-9-20)19-27-31-25-13-7-5-11-23(25)29(35)32-27/h1-17H,18-19H2,(H,31,32,35)/b17-15+. The van der Waals surface area contributed by atoms with Gasteiger partial charge in [-0.25, -0.2) is 9.37 Å². The highest BCUT2D eigenvalue weighted by molar-refractivity contribution is 5.91. The lowest BCUT2D eigenvalue weighted by Crippen LogP contribution is -2.30. The first-order valence-corrected chi connectivity index (χ1v) is 11.4. The summed E-state index contributed by atoms with van der Waals surface area (Å²) in [6.07, 6.45) is 2.94. The number of aromatic nitrogens is 2. The fourth-order valence-corrected chi connectivity index (χ4v) is 3.91. The van der Waals surface area contributed by atoms with Gasteiger partial charge in [0.15, 0.2) is 0 Å². The molecule has 1 N–H and O–H groups in total. The highest BCUT2D eigenvalue weighted by Crippen LogP contribution is 2.25. The molecule has 2 heterocycles. The van der Waals surface area contributed by atoms with Crippen LogP contribution in [0.1, 0.15) is 17.1 Å². The van der Waals surface area contributed by atoms with E-state index in [9.17, 15) is 14.0 Å². The van der Waals surface area contributed by atoms with E-state index >= 15 is 0 Å². The summed E-state index contributed by atoms with van der Waals surface area (Å²) < 4.78 is 19.8. The van der Waals surface area contributed by atoms with E-state index in [1.54, 1.807) is 59.5 Å². The van der Waals surface area contributed by atoms with Gasteiger partial charge in [0.1, 0.15) is 23.2 Å². The average molecular weight is 480 g/mol. The molecule has 5 rings (SSSR count). The van der Waals surface area contributed by atoms with E-state index in [1.165, 1.54) is 12.1 Å². The molecule has 36 heavy (non-hydrogen) atoms. The van der Waals surface area contributed by atoms with Crippen molar-refractivity contribution >= 4 is 22.9 Å². The van der Waals surface area contributed by atoms with E-state index in [4.69, 9.17) is 4.42 Å². The zero-order valence-electron chi connectivity index (χ0n) is 19.2. The highest BCUT2D eigenvalue weighted by atomic mass is 19.1. The Bertz CT molecular complexity index is 1610. The van der Waals surface area contributed by atoms with Crippen LogP contribution < -0.4 is 5.56 Å². The van der Waals surface area contributed by atoms with Gasteiger partial charge in [-0.3, -0.25) is 9.59 Å². The van der Waals surface area contributed by atoms with Crippen molar-refractivity contribution in [1.29, 1.82) is 0 Å². The molecule has 0 aliphatic carbocycles. The molecule has 0 spiro atoms. The number of para-hydroxylation sites is 1. The summed E-state index contributed by atoms with van der Waals surface area (Å²) in [6, 6.07) is 26.3. The molecule has 178 valence electrons. The maximum atomic E-state index is 14.1. The minimum absolute atomic E-state index is 0.108. The van der Waals surface area contributed by atoms with Crippen LogP contribution in [0.4, 0.5) is 4.39 Å². The number of carbonyl (C=O) groups excluding carboxylic acids is 1. The minimum Gasteiger partial charge on any atom is -0.457 e. The van der Waals surface area contributed by atoms with Crippen LogP contribution in [0.3, 0.4) is 0 Å². The SMILES string of the molecule is O=C(/C=C/c1ccc(-c2ccccc2F)o1)N(Cc1ccccc1)Cc1nc2ccccc2c(=O)[nH]1. The number of nitrogens with one attached hydrogen (secondary N) is 1. The van der Waals surface area contributed by atoms with Crippen LogP contribution in [-0.2, 0) is 17.9 Å². The maximum absolute atomic E-state index is 14.1. The average Bonchev–Trinajstić information content (AvgIpc) is 3.37. The second-order valence-electron chi connectivity index (χ2n) is 8.22. The van der Waals surface area contributed by atoms with Crippen LogP contribution in [-0.4, -0.2) is 20.8 Å². The summed E-state index contributed by atoms with van der Waals surface area (Å²) in [4.78, 5) is 34.6. The molecule has 7 heteroatoms. The zero-order valence-corrected chi connectivity index (χ0v) is 19.2. The van der Waals surface area contributed by atoms with Crippen LogP contribution in [0.25, 0.3) is 28.3 Å². The van der Waals surface area contributed by atoms with E-state index in [2.05, 4.69) is 9.97 Å². The molecule has 0 fully saturated rings. The fourth-order valence-electron chi connectivity index (χ4n) is 3.91. The molecule has 0 aliphatic rings. The highest BCUT2D eigenvalue weighted by Gasteiger charge is 2.15. The Balaban J connectivity index is 1.40. The minimum atomic E-state index is -0.385. The van der Waals surface area contributed by atoms with Crippen molar-refractivity contribution in [2.45, 2.75) is 13.1 Å². The molecule has 6 nitrogen and oxygen atoms in total. The first-order valence-electron chi connectivity index (χ1n) is 11.4. The van der Waals surface area contributed by atoms with Crippen LogP contribution in [0.5, 0.6) is 0 Å². The van der Waals surface area contributed by atoms with E-state index in [0.29, 0.717) is 40.4 Å². The molecule has 0 radical (unpaired) electrons. The number of hydrogen-bond donors (Lipinski definition) is 1. The molecule has 0 aliphatic heterocycles. The van der Waals surface area contributed by atoms with Crippen molar-refractivity contribution in [3.8, 4) is 11.3 Å².